The molecule has 1 unspecified atom stereocenters. The minimum atomic E-state index is -0.120. The fourth-order valence-corrected chi connectivity index (χ4v) is 4.60. The van der Waals surface area contributed by atoms with Gasteiger partial charge >= 0.3 is 0 Å². The van der Waals surface area contributed by atoms with Crippen LogP contribution in [0, 0.1) is 5.92 Å². The molecule has 1 atom stereocenters. The second kappa shape index (κ2) is 7.48. The molecule has 5 heteroatoms. The number of fused-ring (bicyclic) bond motifs is 3. The van der Waals surface area contributed by atoms with Gasteiger partial charge in [-0.3, -0.25) is 9.59 Å². The van der Waals surface area contributed by atoms with Crippen LogP contribution < -0.4 is 10.6 Å². The first kappa shape index (κ1) is 18.1. The van der Waals surface area contributed by atoms with Crippen molar-refractivity contribution in [3.05, 3.63) is 64.8 Å². The molecule has 0 saturated carbocycles. The number of hydrogen-bond acceptors (Lipinski definition) is 3. The van der Waals surface area contributed by atoms with Gasteiger partial charge in [-0.05, 0) is 80.1 Å². The number of nitrogens with one attached hydrogen (secondary N) is 3. The zero-order valence-electron chi connectivity index (χ0n) is 16.4. The summed E-state index contributed by atoms with van der Waals surface area (Å²) >= 11 is 0. The van der Waals surface area contributed by atoms with Crippen molar-refractivity contribution in [2.45, 2.75) is 32.1 Å². The summed E-state index contributed by atoms with van der Waals surface area (Å²) < 4.78 is 0. The van der Waals surface area contributed by atoms with Crippen LogP contribution in [0.15, 0.2) is 42.5 Å². The first-order valence-corrected chi connectivity index (χ1v) is 10.5. The van der Waals surface area contributed by atoms with E-state index in [1.54, 1.807) is 0 Å². The van der Waals surface area contributed by atoms with Crippen LogP contribution in [0.1, 0.15) is 51.2 Å². The molecule has 0 bridgehead atoms. The maximum Gasteiger partial charge on any atom is 0.255 e. The average molecular weight is 387 g/mol. The average Bonchev–Trinajstić information content (AvgIpc) is 3.36. The number of rotatable bonds is 4. The van der Waals surface area contributed by atoms with Gasteiger partial charge in [0.25, 0.3) is 5.91 Å². The first-order chi connectivity index (χ1) is 14.2. The zero-order valence-corrected chi connectivity index (χ0v) is 16.4. The van der Waals surface area contributed by atoms with Gasteiger partial charge in [0.2, 0.25) is 0 Å². The Hall–Kier alpha value is -2.92. The number of carbonyl (C=O) groups is 2. The van der Waals surface area contributed by atoms with Gasteiger partial charge in [-0.25, -0.2) is 0 Å². The van der Waals surface area contributed by atoms with Crippen LogP contribution in [0.4, 0.5) is 5.69 Å². The lowest BCUT2D eigenvalue weighted by molar-refractivity contribution is 0.0967. The quantitative estimate of drug-likeness (QED) is 0.631. The number of aryl methyl sites for hydroxylation is 1. The highest BCUT2D eigenvalue weighted by Crippen LogP contribution is 2.30. The molecule has 2 aromatic carbocycles. The normalized spacial score (nSPS) is 18.8. The highest BCUT2D eigenvalue weighted by molar-refractivity contribution is 6.07. The third-order valence-corrected chi connectivity index (χ3v) is 6.18. The maximum absolute atomic E-state index is 12.7. The van der Waals surface area contributed by atoms with Crippen molar-refractivity contribution in [1.29, 1.82) is 0 Å². The molecule has 1 fully saturated rings. The van der Waals surface area contributed by atoms with Crippen molar-refractivity contribution in [2.75, 3.05) is 18.4 Å². The van der Waals surface area contributed by atoms with Crippen LogP contribution in [0.25, 0.3) is 10.9 Å². The molecule has 1 amide bonds. The Morgan fingerprint density at radius 2 is 1.97 bits per heavy atom. The highest BCUT2D eigenvalue weighted by atomic mass is 16.1. The van der Waals surface area contributed by atoms with Gasteiger partial charge in [0.1, 0.15) is 0 Å². The highest BCUT2D eigenvalue weighted by Gasteiger charge is 2.22. The maximum atomic E-state index is 12.7. The largest absolute Gasteiger partial charge is 0.352 e. The first-order valence-electron chi connectivity index (χ1n) is 10.5. The van der Waals surface area contributed by atoms with E-state index < -0.39 is 0 Å². The zero-order chi connectivity index (χ0) is 19.8. The molecule has 1 aromatic heterocycles. The fourth-order valence-electron chi connectivity index (χ4n) is 4.60. The predicted octanol–water partition coefficient (Wildman–Crippen LogP) is 4.09. The molecule has 1 aliphatic carbocycles. The molecule has 0 spiro atoms. The van der Waals surface area contributed by atoms with Crippen LogP contribution in [0.2, 0.25) is 0 Å². The van der Waals surface area contributed by atoms with E-state index in [0.29, 0.717) is 17.9 Å². The van der Waals surface area contributed by atoms with E-state index in [-0.39, 0.29) is 11.7 Å². The van der Waals surface area contributed by atoms with E-state index in [9.17, 15) is 9.59 Å². The second-order valence-corrected chi connectivity index (χ2v) is 8.23. The lowest BCUT2D eigenvalue weighted by Gasteiger charge is -2.10. The summed E-state index contributed by atoms with van der Waals surface area (Å²) in [5.41, 5.74) is 5.42. The van der Waals surface area contributed by atoms with E-state index in [0.717, 1.165) is 60.2 Å². The third kappa shape index (κ3) is 3.58. The molecule has 5 rings (SSSR count). The molecule has 2 aliphatic rings. The van der Waals surface area contributed by atoms with Crippen molar-refractivity contribution >= 4 is 28.3 Å². The lowest BCUT2D eigenvalue weighted by atomic mass is 9.95. The van der Waals surface area contributed by atoms with Gasteiger partial charge in [-0.1, -0.05) is 18.2 Å². The smallest absolute Gasteiger partial charge is 0.255 e. The Kier molecular flexibility index (Phi) is 4.68. The summed E-state index contributed by atoms with van der Waals surface area (Å²) in [6, 6.07) is 13.7. The molecule has 1 saturated heterocycles. The van der Waals surface area contributed by atoms with Gasteiger partial charge in [0, 0.05) is 28.6 Å². The van der Waals surface area contributed by atoms with Gasteiger partial charge < -0.3 is 15.6 Å². The van der Waals surface area contributed by atoms with Crippen molar-refractivity contribution in [2.24, 2.45) is 5.92 Å². The monoisotopic (exact) mass is 387 g/mol. The summed E-state index contributed by atoms with van der Waals surface area (Å²) in [5, 5.41) is 7.46. The fraction of sp³-hybridized carbons (Fsp3) is 0.333. The van der Waals surface area contributed by atoms with Crippen LogP contribution in [0.5, 0.6) is 0 Å². The lowest BCUT2D eigenvalue weighted by Crippen LogP contribution is -2.12. The molecule has 148 valence electrons. The second-order valence-electron chi connectivity index (χ2n) is 8.23. The van der Waals surface area contributed by atoms with Crippen molar-refractivity contribution in [1.82, 2.24) is 10.3 Å². The molecule has 29 heavy (non-hydrogen) atoms. The van der Waals surface area contributed by atoms with E-state index in [1.165, 1.54) is 12.0 Å². The number of ketones is 1. The van der Waals surface area contributed by atoms with Crippen LogP contribution in [-0.2, 0) is 12.8 Å². The summed E-state index contributed by atoms with van der Waals surface area (Å²) in [4.78, 5) is 28.1. The van der Waals surface area contributed by atoms with Gasteiger partial charge in [-0.15, -0.1) is 0 Å². The number of hydrogen-bond donors (Lipinski definition) is 3. The number of H-pyrrole nitrogens is 1. The third-order valence-electron chi connectivity index (χ3n) is 6.18. The molecule has 3 aromatic rings. The Morgan fingerprint density at radius 3 is 2.76 bits per heavy atom. The number of anilines is 1. The van der Waals surface area contributed by atoms with Crippen molar-refractivity contribution in [3.8, 4) is 0 Å². The number of benzene rings is 2. The van der Waals surface area contributed by atoms with Crippen molar-refractivity contribution < 1.29 is 9.59 Å². The Bertz CT molecular complexity index is 1080. The molecule has 3 N–H and O–H groups in total. The summed E-state index contributed by atoms with van der Waals surface area (Å²) in [6.45, 7) is 2.19. The van der Waals surface area contributed by atoms with Crippen LogP contribution in [-0.4, -0.2) is 29.8 Å². The van der Waals surface area contributed by atoms with Crippen LogP contribution >= 0.6 is 0 Å². The molecule has 0 radical (unpaired) electrons. The Balaban J connectivity index is 1.31. The van der Waals surface area contributed by atoms with Crippen molar-refractivity contribution in [3.63, 3.8) is 0 Å². The number of amides is 1. The molecule has 1 aliphatic heterocycles. The molecule has 2 heterocycles. The summed E-state index contributed by atoms with van der Waals surface area (Å²) in [6.07, 6.45) is 4.72. The number of Topliss-reactive ketones (excluding diaryl/α,β-unsaturated/α-hetero) is 1. The van der Waals surface area contributed by atoms with Gasteiger partial charge in [-0.2, -0.15) is 0 Å². The minimum absolute atomic E-state index is 0.120. The Morgan fingerprint density at radius 1 is 1.10 bits per heavy atom. The summed E-state index contributed by atoms with van der Waals surface area (Å²) in [7, 11) is 0. The van der Waals surface area contributed by atoms with Crippen LogP contribution in [0.3, 0.4) is 0 Å². The molecule has 5 nitrogen and oxygen atoms in total. The topological polar surface area (TPSA) is 74.0 Å². The van der Waals surface area contributed by atoms with E-state index in [4.69, 9.17) is 0 Å². The standard InChI is InChI=1S/C24H25N3O2/c28-22-3-1-2-20-19-9-8-18(13-21(19)27-23(20)22)26-24(29)17-6-4-15(5-7-17)12-16-10-11-25-14-16/h4-9,13,16,25,27H,1-3,10-12,14H2,(H,26,29). The minimum Gasteiger partial charge on any atom is -0.352 e. The van der Waals surface area contributed by atoms with E-state index in [1.807, 2.05) is 30.3 Å². The van der Waals surface area contributed by atoms with E-state index in [2.05, 4.69) is 27.8 Å². The SMILES string of the molecule is O=C(Nc1ccc2c3c([nH]c2c1)C(=O)CCC3)c1ccc(CC2CCNC2)cc1. The number of aromatic nitrogens is 1. The number of aromatic amines is 1. The molecular weight excluding hydrogens is 362 g/mol. The van der Waals surface area contributed by atoms with Gasteiger partial charge in [0.15, 0.2) is 5.78 Å². The van der Waals surface area contributed by atoms with Gasteiger partial charge in [0.05, 0.1) is 5.69 Å². The summed E-state index contributed by atoms with van der Waals surface area (Å²) in [5.74, 6) is 0.757. The molecular formula is C24H25N3O2. The van der Waals surface area contributed by atoms with E-state index >= 15 is 0 Å². The Labute approximate surface area is 169 Å². The predicted molar refractivity (Wildman–Crippen MR) is 115 cm³/mol. The number of carbonyl (C=O) groups excluding carboxylic acids is 2.